The zero-order chi connectivity index (χ0) is 16.1. The summed E-state index contributed by atoms with van der Waals surface area (Å²) in [4.78, 5) is 31.2. The molecule has 0 saturated heterocycles. The highest BCUT2D eigenvalue weighted by Crippen LogP contribution is 2.22. The predicted octanol–water partition coefficient (Wildman–Crippen LogP) is 3.39. The van der Waals surface area contributed by atoms with Gasteiger partial charge in [-0.2, -0.15) is 0 Å². The van der Waals surface area contributed by atoms with Crippen LogP contribution in [0.1, 0.15) is 41.9 Å². The van der Waals surface area contributed by atoms with E-state index in [-0.39, 0.29) is 16.6 Å². The average Bonchev–Trinajstić information content (AvgIpc) is 2.47. The van der Waals surface area contributed by atoms with Gasteiger partial charge in [-0.1, -0.05) is 54.9 Å². The maximum Gasteiger partial charge on any atom is 0.251 e. The summed E-state index contributed by atoms with van der Waals surface area (Å²) in [6.07, 6.45) is 1.69. The lowest BCUT2D eigenvalue weighted by Crippen LogP contribution is -2.16. The fourth-order valence-corrected chi connectivity index (χ4v) is 3.00. The van der Waals surface area contributed by atoms with Crippen LogP contribution in [0.2, 0.25) is 0 Å². The normalized spacial score (nSPS) is 12.1. The Balaban J connectivity index is 2.14. The second kappa shape index (κ2) is 7.40. The lowest BCUT2D eigenvalue weighted by Gasteiger charge is -2.10. The van der Waals surface area contributed by atoms with E-state index in [1.54, 1.807) is 0 Å². The number of hydrogen-bond acceptors (Lipinski definition) is 4. The van der Waals surface area contributed by atoms with E-state index in [0.717, 1.165) is 24.1 Å². The Kier molecular flexibility index (Phi) is 5.55. The summed E-state index contributed by atoms with van der Waals surface area (Å²) < 4.78 is 0. The zero-order valence-corrected chi connectivity index (χ0v) is 13.9. The van der Waals surface area contributed by atoms with Crippen molar-refractivity contribution in [3.63, 3.8) is 0 Å². The van der Waals surface area contributed by atoms with Gasteiger partial charge in [0.15, 0.2) is 10.9 Å². The molecule has 116 valence electrons. The minimum atomic E-state index is -0.303. The highest BCUT2D eigenvalue weighted by molar-refractivity contribution is 8.00. The molecule has 0 bridgehead atoms. The molecule has 1 aromatic heterocycles. The Morgan fingerprint density at radius 3 is 2.64 bits per heavy atom. The number of nitrogens with one attached hydrogen (secondary N) is 1. The zero-order valence-electron chi connectivity index (χ0n) is 13.1. The van der Waals surface area contributed by atoms with Gasteiger partial charge in [-0.15, -0.1) is 0 Å². The molecule has 22 heavy (non-hydrogen) atoms. The number of hydrogen-bond donors (Lipinski definition) is 1. The predicted molar refractivity (Wildman–Crippen MR) is 89.7 cm³/mol. The fraction of sp³-hybridized carbons (Fsp3) is 0.353. The molecule has 1 atom stereocenters. The number of carbonyl (C=O) groups excluding carboxylic acids is 1. The third kappa shape index (κ3) is 4.31. The lowest BCUT2D eigenvalue weighted by atomic mass is 10.1. The lowest BCUT2D eigenvalue weighted by molar-refractivity contribution is 0.0994. The summed E-state index contributed by atoms with van der Waals surface area (Å²) in [6.45, 7) is 5.86. The van der Waals surface area contributed by atoms with Crippen LogP contribution in [0, 0.1) is 6.92 Å². The topological polar surface area (TPSA) is 62.8 Å². The molecular weight excluding hydrogens is 296 g/mol. The van der Waals surface area contributed by atoms with E-state index in [4.69, 9.17) is 0 Å². The van der Waals surface area contributed by atoms with Crippen molar-refractivity contribution in [2.45, 2.75) is 44.0 Å². The SMILES string of the molecule is CCCc1cc(=O)[nH]c(S[C@@H](C)C(=O)c2ccc(C)cc2)n1. The minimum Gasteiger partial charge on any atom is -0.301 e. The van der Waals surface area contributed by atoms with E-state index in [1.807, 2.05) is 45.0 Å². The first-order chi connectivity index (χ1) is 10.5. The van der Waals surface area contributed by atoms with Crippen LogP contribution in [-0.2, 0) is 6.42 Å². The van der Waals surface area contributed by atoms with Gasteiger partial charge in [0, 0.05) is 17.3 Å². The molecular formula is C17H20N2O2S. The number of aryl methyl sites for hydroxylation is 2. The summed E-state index contributed by atoms with van der Waals surface area (Å²) >= 11 is 1.29. The second-order valence-electron chi connectivity index (χ2n) is 5.28. The fourth-order valence-electron chi connectivity index (χ4n) is 2.10. The molecule has 2 aromatic rings. The van der Waals surface area contributed by atoms with Crippen molar-refractivity contribution in [2.75, 3.05) is 0 Å². The standard InChI is InChI=1S/C17H20N2O2S/c1-4-5-14-10-15(20)19-17(18-14)22-12(3)16(21)13-8-6-11(2)7-9-13/h6-10,12H,4-5H2,1-3H3,(H,18,19,20)/t12-/m0/s1. The summed E-state index contributed by atoms with van der Waals surface area (Å²) in [5.41, 5.74) is 2.40. The third-order valence-corrected chi connectivity index (χ3v) is 4.26. The van der Waals surface area contributed by atoms with E-state index in [0.29, 0.717) is 10.7 Å². The molecule has 0 unspecified atom stereocenters. The second-order valence-corrected chi connectivity index (χ2v) is 6.61. The van der Waals surface area contributed by atoms with Crippen molar-refractivity contribution in [1.82, 2.24) is 9.97 Å². The number of H-pyrrole nitrogens is 1. The first kappa shape index (κ1) is 16.5. The number of aromatic amines is 1. The highest BCUT2D eigenvalue weighted by atomic mass is 32.2. The molecule has 0 radical (unpaired) electrons. The molecule has 0 amide bonds. The van der Waals surface area contributed by atoms with E-state index in [2.05, 4.69) is 9.97 Å². The first-order valence-electron chi connectivity index (χ1n) is 7.37. The van der Waals surface area contributed by atoms with E-state index >= 15 is 0 Å². The molecule has 4 nitrogen and oxygen atoms in total. The summed E-state index contributed by atoms with van der Waals surface area (Å²) in [5, 5.41) is 0.201. The van der Waals surface area contributed by atoms with Crippen LogP contribution in [0.15, 0.2) is 40.3 Å². The molecule has 0 fully saturated rings. The molecule has 0 aliphatic heterocycles. The van der Waals surface area contributed by atoms with Crippen molar-refractivity contribution in [1.29, 1.82) is 0 Å². The Bertz CT molecular complexity index is 707. The van der Waals surface area contributed by atoms with E-state index < -0.39 is 0 Å². The van der Waals surface area contributed by atoms with Crippen LogP contribution in [0.5, 0.6) is 0 Å². The number of carbonyl (C=O) groups is 1. The Morgan fingerprint density at radius 1 is 1.32 bits per heavy atom. The van der Waals surface area contributed by atoms with Gasteiger partial charge in [-0.25, -0.2) is 4.98 Å². The number of rotatable bonds is 6. The Labute approximate surface area is 134 Å². The summed E-state index contributed by atoms with van der Waals surface area (Å²) in [6, 6.07) is 9.02. The van der Waals surface area contributed by atoms with Gasteiger partial charge in [0.05, 0.1) is 5.25 Å². The highest BCUT2D eigenvalue weighted by Gasteiger charge is 2.17. The van der Waals surface area contributed by atoms with Gasteiger partial charge in [0.25, 0.3) is 5.56 Å². The van der Waals surface area contributed by atoms with Crippen LogP contribution in [0.25, 0.3) is 0 Å². The van der Waals surface area contributed by atoms with Crippen molar-refractivity contribution in [2.24, 2.45) is 0 Å². The van der Waals surface area contributed by atoms with Crippen LogP contribution in [-0.4, -0.2) is 21.0 Å². The van der Waals surface area contributed by atoms with Crippen molar-refractivity contribution < 1.29 is 4.79 Å². The number of aromatic nitrogens is 2. The van der Waals surface area contributed by atoms with Crippen molar-refractivity contribution in [3.05, 3.63) is 57.5 Å². The molecule has 1 N–H and O–H groups in total. The van der Waals surface area contributed by atoms with Crippen LogP contribution in [0.4, 0.5) is 0 Å². The number of thioether (sulfide) groups is 1. The van der Waals surface area contributed by atoms with Gasteiger partial charge >= 0.3 is 0 Å². The number of nitrogens with zero attached hydrogens (tertiary/aromatic N) is 1. The van der Waals surface area contributed by atoms with Gasteiger partial charge in [-0.3, -0.25) is 9.59 Å². The summed E-state index contributed by atoms with van der Waals surface area (Å²) in [5.74, 6) is 0.0357. The maximum atomic E-state index is 12.4. The first-order valence-corrected chi connectivity index (χ1v) is 8.25. The third-order valence-electron chi connectivity index (χ3n) is 3.27. The molecule has 0 aliphatic carbocycles. The quantitative estimate of drug-likeness (QED) is 0.504. The Morgan fingerprint density at radius 2 is 2.00 bits per heavy atom. The van der Waals surface area contributed by atoms with Gasteiger partial charge < -0.3 is 4.98 Å². The molecule has 5 heteroatoms. The smallest absolute Gasteiger partial charge is 0.251 e. The molecule has 1 heterocycles. The van der Waals surface area contributed by atoms with Crippen LogP contribution in [0.3, 0.4) is 0 Å². The Hall–Kier alpha value is -1.88. The largest absolute Gasteiger partial charge is 0.301 e. The van der Waals surface area contributed by atoms with Gasteiger partial charge in [0.1, 0.15) is 0 Å². The van der Waals surface area contributed by atoms with E-state index in [1.165, 1.54) is 17.8 Å². The van der Waals surface area contributed by atoms with Gasteiger partial charge in [-0.05, 0) is 20.3 Å². The molecule has 1 aromatic carbocycles. The number of Topliss-reactive ketones (excluding diaryl/α,β-unsaturated/α-hetero) is 1. The molecule has 0 saturated carbocycles. The van der Waals surface area contributed by atoms with Crippen molar-refractivity contribution in [3.8, 4) is 0 Å². The minimum absolute atomic E-state index is 0.0357. The van der Waals surface area contributed by atoms with Gasteiger partial charge in [0.2, 0.25) is 0 Å². The molecule has 0 spiro atoms. The van der Waals surface area contributed by atoms with Crippen LogP contribution >= 0.6 is 11.8 Å². The summed E-state index contributed by atoms with van der Waals surface area (Å²) in [7, 11) is 0. The molecule has 2 rings (SSSR count). The number of benzene rings is 1. The maximum absolute atomic E-state index is 12.4. The molecule has 0 aliphatic rings. The number of ketones is 1. The van der Waals surface area contributed by atoms with Crippen molar-refractivity contribution >= 4 is 17.5 Å². The monoisotopic (exact) mass is 316 g/mol. The average molecular weight is 316 g/mol. The van der Waals surface area contributed by atoms with Crippen LogP contribution < -0.4 is 5.56 Å². The van der Waals surface area contributed by atoms with E-state index in [9.17, 15) is 9.59 Å².